The molecule has 20 heavy (non-hydrogen) atoms. The SMILES string of the molecule is CC(C)C(CO)c1nccc(-c2cc(Br)ccc2F)n1. The lowest BCUT2D eigenvalue weighted by molar-refractivity contribution is 0.232. The zero-order valence-electron chi connectivity index (χ0n) is 11.3. The lowest BCUT2D eigenvalue weighted by atomic mass is 9.96. The number of hydrogen-bond acceptors (Lipinski definition) is 3. The quantitative estimate of drug-likeness (QED) is 0.922. The van der Waals surface area contributed by atoms with Gasteiger partial charge in [0.05, 0.1) is 12.3 Å². The Kier molecular flexibility index (Phi) is 4.83. The first-order valence-corrected chi connectivity index (χ1v) is 7.21. The van der Waals surface area contributed by atoms with E-state index in [0.29, 0.717) is 17.1 Å². The summed E-state index contributed by atoms with van der Waals surface area (Å²) in [5.74, 6) is 0.273. The molecule has 1 heterocycles. The molecule has 1 aromatic carbocycles. The lowest BCUT2D eigenvalue weighted by Gasteiger charge is -2.17. The van der Waals surface area contributed by atoms with Gasteiger partial charge in [0, 0.05) is 22.2 Å². The first kappa shape index (κ1) is 15.1. The predicted octanol–water partition coefficient (Wildman–Crippen LogP) is 3.78. The number of nitrogens with zero attached hydrogens (tertiary/aromatic N) is 2. The van der Waals surface area contributed by atoms with Crippen LogP contribution in [0.1, 0.15) is 25.6 Å². The van der Waals surface area contributed by atoms with Crippen LogP contribution in [0.15, 0.2) is 34.9 Å². The second-order valence-corrected chi connectivity index (χ2v) is 5.87. The van der Waals surface area contributed by atoms with E-state index < -0.39 is 0 Å². The van der Waals surface area contributed by atoms with Crippen molar-refractivity contribution in [2.75, 3.05) is 6.61 Å². The maximum atomic E-state index is 13.9. The van der Waals surface area contributed by atoms with Gasteiger partial charge in [0.15, 0.2) is 0 Å². The molecule has 1 atom stereocenters. The number of aliphatic hydroxyl groups excluding tert-OH is 1. The minimum Gasteiger partial charge on any atom is -0.396 e. The summed E-state index contributed by atoms with van der Waals surface area (Å²) in [5, 5.41) is 9.45. The van der Waals surface area contributed by atoms with Gasteiger partial charge in [-0.15, -0.1) is 0 Å². The fourth-order valence-electron chi connectivity index (χ4n) is 1.99. The van der Waals surface area contributed by atoms with Crippen molar-refractivity contribution in [1.29, 1.82) is 0 Å². The smallest absolute Gasteiger partial charge is 0.134 e. The third kappa shape index (κ3) is 3.22. The third-order valence-electron chi connectivity index (χ3n) is 3.21. The zero-order valence-corrected chi connectivity index (χ0v) is 12.9. The van der Waals surface area contributed by atoms with Crippen LogP contribution >= 0.6 is 15.9 Å². The van der Waals surface area contributed by atoms with Crippen LogP contribution in [0.2, 0.25) is 0 Å². The molecular weight excluding hydrogens is 323 g/mol. The maximum absolute atomic E-state index is 13.9. The summed E-state index contributed by atoms with van der Waals surface area (Å²) in [4.78, 5) is 8.61. The summed E-state index contributed by atoms with van der Waals surface area (Å²) in [6.07, 6.45) is 1.60. The number of halogens is 2. The molecule has 5 heteroatoms. The van der Waals surface area contributed by atoms with Crippen LogP contribution in [0.3, 0.4) is 0 Å². The van der Waals surface area contributed by atoms with Gasteiger partial charge in [-0.1, -0.05) is 29.8 Å². The number of benzene rings is 1. The summed E-state index contributed by atoms with van der Waals surface area (Å²) < 4.78 is 14.7. The van der Waals surface area contributed by atoms with Crippen molar-refractivity contribution in [2.24, 2.45) is 5.92 Å². The van der Waals surface area contributed by atoms with Gasteiger partial charge >= 0.3 is 0 Å². The minimum atomic E-state index is -0.331. The van der Waals surface area contributed by atoms with Gasteiger partial charge in [0.2, 0.25) is 0 Å². The first-order valence-electron chi connectivity index (χ1n) is 6.42. The van der Waals surface area contributed by atoms with Gasteiger partial charge in [0.25, 0.3) is 0 Å². The molecule has 1 N–H and O–H groups in total. The van der Waals surface area contributed by atoms with E-state index in [2.05, 4.69) is 25.9 Å². The molecule has 0 amide bonds. The summed E-state index contributed by atoms with van der Waals surface area (Å²) in [7, 11) is 0. The summed E-state index contributed by atoms with van der Waals surface area (Å²) >= 11 is 3.33. The van der Waals surface area contributed by atoms with E-state index >= 15 is 0 Å². The zero-order chi connectivity index (χ0) is 14.7. The Balaban J connectivity index is 2.46. The van der Waals surface area contributed by atoms with Crippen LogP contribution in [-0.4, -0.2) is 21.7 Å². The molecule has 0 aliphatic heterocycles. The van der Waals surface area contributed by atoms with Gasteiger partial charge < -0.3 is 5.11 Å². The van der Waals surface area contributed by atoms with Crippen molar-refractivity contribution < 1.29 is 9.50 Å². The first-order chi connectivity index (χ1) is 9.52. The van der Waals surface area contributed by atoms with Gasteiger partial charge in [-0.05, 0) is 30.2 Å². The van der Waals surface area contributed by atoms with Crippen molar-refractivity contribution in [3.05, 3.63) is 46.6 Å². The second kappa shape index (κ2) is 6.41. The third-order valence-corrected chi connectivity index (χ3v) is 3.70. The van der Waals surface area contributed by atoms with Crippen LogP contribution in [0, 0.1) is 11.7 Å². The van der Waals surface area contributed by atoms with Crippen LogP contribution in [0.25, 0.3) is 11.3 Å². The fourth-order valence-corrected chi connectivity index (χ4v) is 2.35. The van der Waals surface area contributed by atoms with E-state index in [9.17, 15) is 9.50 Å². The summed E-state index contributed by atoms with van der Waals surface area (Å²) in [5.41, 5.74) is 0.941. The highest BCUT2D eigenvalue weighted by Gasteiger charge is 2.19. The highest BCUT2D eigenvalue weighted by Crippen LogP contribution is 2.27. The lowest BCUT2D eigenvalue weighted by Crippen LogP contribution is -2.15. The van der Waals surface area contributed by atoms with Crippen LogP contribution < -0.4 is 0 Å². The standard InChI is InChI=1S/C15H16BrFN2O/c1-9(2)12(8-20)15-18-6-5-14(19-15)11-7-10(16)3-4-13(11)17/h3-7,9,12,20H,8H2,1-2H3. The van der Waals surface area contributed by atoms with Gasteiger partial charge in [-0.3, -0.25) is 0 Å². The van der Waals surface area contributed by atoms with Crippen molar-refractivity contribution in [3.63, 3.8) is 0 Å². The van der Waals surface area contributed by atoms with Crippen LogP contribution in [0.4, 0.5) is 4.39 Å². The molecule has 0 aliphatic carbocycles. The normalized spacial score (nSPS) is 12.7. The molecule has 0 radical (unpaired) electrons. The second-order valence-electron chi connectivity index (χ2n) is 4.96. The van der Waals surface area contributed by atoms with Gasteiger partial charge in [-0.25, -0.2) is 14.4 Å². The average molecular weight is 339 g/mol. The molecule has 0 aliphatic rings. The average Bonchev–Trinajstić information content (AvgIpc) is 2.42. The number of aromatic nitrogens is 2. The molecule has 1 aromatic heterocycles. The fraction of sp³-hybridized carbons (Fsp3) is 0.333. The number of aliphatic hydroxyl groups is 1. The van der Waals surface area contributed by atoms with E-state index in [1.54, 1.807) is 24.4 Å². The van der Waals surface area contributed by atoms with E-state index in [1.807, 2.05) is 13.8 Å². The molecule has 106 valence electrons. The Morgan fingerprint density at radius 2 is 2.05 bits per heavy atom. The van der Waals surface area contributed by atoms with E-state index in [0.717, 1.165) is 4.47 Å². The summed E-state index contributed by atoms with van der Waals surface area (Å²) in [6.45, 7) is 3.97. The number of hydrogen-bond donors (Lipinski definition) is 1. The van der Waals surface area contributed by atoms with Crippen molar-refractivity contribution in [3.8, 4) is 11.3 Å². The largest absolute Gasteiger partial charge is 0.396 e. The molecule has 0 spiro atoms. The molecule has 3 nitrogen and oxygen atoms in total. The van der Waals surface area contributed by atoms with E-state index in [4.69, 9.17) is 0 Å². The molecule has 0 fully saturated rings. The highest BCUT2D eigenvalue weighted by molar-refractivity contribution is 9.10. The Hall–Kier alpha value is -1.33. The van der Waals surface area contributed by atoms with Crippen molar-refractivity contribution >= 4 is 15.9 Å². The maximum Gasteiger partial charge on any atom is 0.134 e. The molecule has 1 unspecified atom stereocenters. The molecule has 0 bridgehead atoms. The van der Waals surface area contributed by atoms with Crippen molar-refractivity contribution in [2.45, 2.75) is 19.8 Å². The van der Waals surface area contributed by atoms with Gasteiger partial charge in [0.1, 0.15) is 11.6 Å². The Labute approximate surface area is 126 Å². The predicted molar refractivity (Wildman–Crippen MR) is 79.8 cm³/mol. The van der Waals surface area contributed by atoms with Crippen LogP contribution in [-0.2, 0) is 0 Å². The van der Waals surface area contributed by atoms with Crippen LogP contribution in [0.5, 0.6) is 0 Å². The van der Waals surface area contributed by atoms with E-state index in [1.165, 1.54) is 6.07 Å². The highest BCUT2D eigenvalue weighted by atomic mass is 79.9. The Bertz CT molecular complexity index is 604. The molecular formula is C15H16BrFN2O. The molecule has 2 rings (SSSR count). The Morgan fingerprint density at radius 1 is 1.30 bits per heavy atom. The van der Waals surface area contributed by atoms with Gasteiger partial charge in [-0.2, -0.15) is 0 Å². The van der Waals surface area contributed by atoms with E-state index in [-0.39, 0.29) is 24.3 Å². The molecule has 0 saturated heterocycles. The minimum absolute atomic E-state index is 0.0257. The summed E-state index contributed by atoms with van der Waals surface area (Å²) in [6, 6.07) is 6.40. The Morgan fingerprint density at radius 3 is 2.70 bits per heavy atom. The topological polar surface area (TPSA) is 46.0 Å². The molecule has 2 aromatic rings. The molecule has 0 saturated carbocycles. The monoisotopic (exact) mass is 338 g/mol. The van der Waals surface area contributed by atoms with Crippen molar-refractivity contribution in [1.82, 2.24) is 9.97 Å². The number of rotatable bonds is 4.